The van der Waals surface area contributed by atoms with Crippen molar-refractivity contribution in [1.29, 1.82) is 5.26 Å². The molecule has 0 aliphatic heterocycles. The highest BCUT2D eigenvalue weighted by Crippen LogP contribution is 2.13. The highest BCUT2D eigenvalue weighted by atomic mass is 19.1. The van der Waals surface area contributed by atoms with Crippen molar-refractivity contribution in [1.82, 2.24) is 4.90 Å². The van der Waals surface area contributed by atoms with Gasteiger partial charge in [0.25, 0.3) is 0 Å². The van der Waals surface area contributed by atoms with Gasteiger partial charge in [0.05, 0.1) is 18.5 Å². The maximum absolute atomic E-state index is 13.1. The van der Waals surface area contributed by atoms with Gasteiger partial charge in [-0.15, -0.1) is 0 Å². The third-order valence-electron chi connectivity index (χ3n) is 3.05. The molecular weight excluding hydrogens is 257 g/mol. The van der Waals surface area contributed by atoms with Crippen LogP contribution in [0.25, 0.3) is 0 Å². The van der Waals surface area contributed by atoms with Crippen molar-refractivity contribution in [3.05, 3.63) is 29.6 Å². The second-order valence-corrected chi connectivity index (χ2v) is 4.78. The molecule has 0 saturated carbocycles. The van der Waals surface area contributed by atoms with E-state index in [0.29, 0.717) is 24.3 Å². The van der Waals surface area contributed by atoms with E-state index in [4.69, 9.17) is 5.26 Å². The van der Waals surface area contributed by atoms with Gasteiger partial charge in [0.2, 0.25) is 5.91 Å². The Bertz CT molecular complexity index is 510. The minimum atomic E-state index is -0.264. The summed E-state index contributed by atoms with van der Waals surface area (Å²) in [5.74, 6) is -0.525. The summed E-state index contributed by atoms with van der Waals surface area (Å²) < 4.78 is 13.1. The molecule has 1 rings (SSSR count). The number of benzene rings is 1. The predicted molar refractivity (Wildman–Crippen MR) is 76.7 cm³/mol. The molecule has 0 aromatic heterocycles. The number of halogens is 1. The molecule has 0 bridgehead atoms. The number of anilines is 1. The molecule has 0 aliphatic carbocycles. The number of hydrogen-bond donors (Lipinski definition) is 1. The van der Waals surface area contributed by atoms with E-state index in [9.17, 15) is 9.18 Å². The fraction of sp³-hybridized carbons (Fsp3) is 0.467. The van der Waals surface area contributed by atoms with Crippen LogP contribution in [-0.4, -0.2) is 30.4 Å². The number of likely N-dealkylation sites (N-methyl/N-ethyl adjacent to an activating group) is 1. The van der Waals surface area contributed by atoms with Crippen LogP contribution in [0, 0.1) is 30.0 Å². The van der Waals surface area contributed by atoms with E-state index in [2.05, 4.69) is 11.4 Å². The van der Waals surface area contributed by atoms with Gasteiger partial charge < -0.3 is 10.2 Å². The van der Waals surface area contributed by atoms with Crippen LogP contribution in [0.2, 0.25) is 0 Å². The summed E-state index contributed by atoms with van der Waals surface area (Å²) in [7, 11) is 0. The summed E-state index contributed by atoms with van der Waals surface area (Å²) in [4.78, 5) is 13.7. The molecule has 108 valence electrons. The highest BCUT2D eigenvalue weighted by Gasteiger charge is 2.14. The van der Waals surface area contributed by atoms with Crippen molar-refractivity contribution >= 4 is 11.6 Å². The summed E-state index contributed by atoms with van der Waals surface area (Å²) >= 11 is 0. The molecule has 4 nitrogen and oxygen atoms in total. The first-order chi connectivity index (χ1) is 9.47. The standard InChI is InChI=1S/C15H20FN3O/c1-4-19(10-11(2)8-17)15(20)9-18-13-5-6-14(16)12(3)7-13/h5-7,11,18H,4,9-10H2,1-3H3/t11-/m1/s1. The van der Waals surface area contributed by atoms with Crippen LogP contribution in [0.15, 0.2) is 18.2 Å². The summed E-state index contributed by atoms with van der Waals surface area (Å²) in [6.45, 7) is 6.47. The maximum Gasteiger partial charge on any atom is 0.241 e. The number of nitrogens with zero attached hydrogens (tertiary/aromatic N) is 2. The summed E-state index contributed by atoms with van der Waals surface area (Å²) in [5, 5.41) is 11.8. The number of carbonyl (C=O) groups excluding carboxylic acids is 1. The van der Waals surface area contributed by atoms with Crippen molar-refractivity contribution in [3.63, 3.8) is 0 Å². The van der Waals surface area contributed by atoms with Crippen LogP contribution < -0.4 is 5.32 Å². The van der Waals surface area contributed by atoms with Crippen LogP contribution in [-0.2, 0) is 4.79 Å². The SMILES string of the molecule is CCN(C[C@H](C)C#N)C(=O)CNc1ccc(F)c(C)c1. The van der Waals surface area contributed by atoms with Gasteiger partial charge in [-0.25, -0.2) is 4.39 Å². The second-order valence-electron chi connectivity index (χ2n) is 4.78. The summed E-state index contributed by atoms with van der Waals surface area (Å²) in [5.41, 5.74) is 1.24. The number of nitrogens with one attached hydrogen (secondary N) is 1. The van der Waals surface area contributed by atoms with E-state index in [0.717, 1.165) is 0 Å². The first-order valence-corrected chi connectivity index (χ1v) is 6.65. The molecule has 1 aromatic rings. The molecule has 0 spiro atoms. The van der Waals surface area contributed by atoms with Gasteiger partial charge in [-0.2, -0.15) is 5.26 Å². The van der Waals surface area contributed by atoms with E-state index in [1.165, 1.54) is 6.07 Å². The smallest absolute Gasteiger partial charge is 0.241 e. The van der Waals surface area contributed by atoms with Crippen LogP contribution >= 0.6 is 0 Å². The molecule has 1 amide bonds. The largest absolute Gasteiger partial charge is 0.376 e. The maximum atomic E-state index is 13.1. The Morgan fingerprint density at radius 3 is 2.80 bits per heavy atom. The highest BCUT2D eigenvalue weighted by molar-refractivity contribution is 5.80. The molecule has 0 radical (unpaired) electrons. The molecule has 5 heteroatoms. The first-order valence-electron chi connectivity index (χ1n) is 6.65. The Morgan fingerprint density at radius 2 is 2.25 bits per heavy atom. The van der Waals surface area contributed by atoms with Gasteiger partial charge in [0.15, 0.2) is 0 Å². The predicted octanol–water partition coefficient (Wildman–Crippen LogP) is 2.55. The van der Waals surface area contributed by atoms with Gasteiger partial charge in [0.1, 0.15) is 5.82 Å². The molecular formula is C15H20FN3O. The molecule has 1 N–H and O–H groups in total. The van der Waals surface area contributed by atoms with Crippen LogP contribution in [0.4, 0.5) is 10.1 Å². The average molecular weight is 277 g/mol. The molecule has 0 heterocycles. The molecule has 1 aromatic carbocycles. The Hall–Kier alpha value is -2.09. The monoisotopic (exact) mass is 277 g/mol. The lowest BCUT2D eigenvalue weighted by Gasteiger charge is -2.22. The molecule has 20 heavy (non-hydrogen) atoms. The summed E-state index contributed by atoms with van der Waals surface area (Å²) in [6.07, 6.45) is 0. The van der Waals surface area contributed by atoms with Gasteiger partial charge in [-0.1, -0.05) is 0 Å². The number of rotatable bonds is 6. The van der Waals surface area contributed by atoms with Gasteiger partial charge in [-0.05, 0) is 44.5 Å². The lowest BCUT2D eigenvalue weighted by Crippen LogP contribution is -2.38. The van der Waals surface area contributed by atoms with Crippen molar-refractivity contribution < 1.29 is 9.18 Å². The Labute approximate surface area is 119 Å². The molecule has 0 fully saturated rings. The van der Waals surface area contributed by atoms with E-state index in [1.54, 1.807) is 30.9 Å². The molecule has 0 aliphatic rings. The lowest BCUT2D eigenvalue weighted by atomic mass is 10.2. The minimum Gasteiger partial charge on any atom is -0.376 e. The second kappa shape index (κ2) is 7.49. The number of nitriles is 1. The minimum absolute atomic E-state index is 0.0726. The number of carbonyl (C=O) groups is 1. The zero-order valence-corrected chi connectivity index (χ0v) is 12.1. The van der Waals surface area contributed by atoms with Crippen molar-refractivity contribution in [2.24, 2.45) is 5.92 Å². The summed E-state index contributed by atoms with van der Waals surface area (Å²) in [6, 6.07) is 6.75. The van der Waals surface area contributed by atoms with E-state index < -0.39 is 0 Å². The fourth-order valence-corrected chi connectivity index (χ4v) is 1.82. The molecule has 1 atom stereocenters. The average Bonchev–Trinajstić information content (AvgIpc) is 2.45. The van der Waals surface area contributed by atoms with Gasteiger partial charge >= 0.3 is 0 Å². The van der Waals surface area contributed by atoms with Crippen LogP contribution in [0.1, 0.15) is 19.4 Å². The first kappa shape index (κ1) is 16.0. The van der Waals surface area contributed by atoms with E-state index in [1.807, 2.05) is 6.92 Å². The number of aryl methyl sites for hydroxylation is 1. The van der Waals surface area contributed by atoms with Gasteiger partial charge in [0, 0.05) is 18.8 Å². The van der Waals surface area contributed by atoms with Gasteiger partial charge in [-0.3, -0.25) is 4.79 Å². The number of hydrogen-bond acceptors (Lipinski definition) is 3. The fourth-order valence-electron chi connectivity index (χ4n) is 1.82. The Kier molecular flexibility index (Phi) is 5.98. The van der Waals surface area contributed by atoms with Crippen molar-refractivity contribution in [3.8, 4) is 6.07 Å². The molecule has 0 saturated heterocycles. The zero-order chi connectivity index (χ0) is 15.1. The lowest BCUT2D eigenvalue weighted by molar-refractivity contribution is -0.129. The van der Waals surface area contributed by atoms with Crippen molar-refractivity contribution in [2.75, 3.05) is 25.0 Å². The van der Waals surface area contributed by atoms with E-state index >= 15 is 0 Å². The quantitative estimate of drug-likeness (QED) is 0.869. The normalized spacial score (nSPS) is 11.6. The van der Waals surface area contributed by atoms with E-state index in [-0.39, 0.29) is 24.2 Å². The Morgan fingerprint density at radius 1 is 1.55 bits per heavy atom. The van der Waals surface area contributed by atoms with Crippen LogP contribution in [0.3, 0.4) is 0 Å². The Balaban J connectivity index is 2.57. The zero-order valence-electron chi connectivity index (χ0n) is 12.1. The molecule has 0 unspecified atom stereocenters. The third kappa shape index (κ3) is 4.54. The number of amides is 1. The third-order valence-corrected chi connectivity index (χ3v) is 3.05. The topological polar surface area (TPSA) is 56.1 Å². The van der Waals surface area contributed by atoms with Crippen molar-refractivity contribution in [2.45, 2.75) is 20.8 Å². The van der Waals surface area contributed by atoms with Crippen LogP contribution in [0.5, 0.6) is 0 Å².